The third-order valence-corrected chi connectivity index (χ3v) is 5.20. The van der Waals surface area contributed by atoms with Crippen LogP contribution < -0.4 is 0 Å². The standard InChI is InChI=1S/C18H16ClNO3S/c19-12-7-8-16(21)14(9-12)13-4-1-3-11(13)10-24-17-6-2-5-15(20-17)18(22)23/h2,5-9,21H,1,3-4,10H2,(H,22,23). The SMILES string of the molecule is O=C(O)c1cccc(SCC2=C(c3cc(Cl)ccc3O)CCC2)n1. The predicted molar refractivity (Wildman–Crippen MR) is 95.8 cm³/mol. The highest BCUT2D eigenvalue weighted by Crippen LogP contribution is 2.40. The molecular formula is C18H16ClNO3S. The predicted octanol–water partition coefficient (Wildman–Crippen LogP) is 4.87. The summed E-state index contributed by atoms with van der Waals surface area (Å²) in [7, 11) is 0. The maximum atomic E-state index is 11.0. The maximum Gasteiger partial charge on any atom is 0.354 e. The molecule has 0 fully saturated rings. The first-order valence-corrected chi connectivity index (χ1v) is 8.94. The fourth-order valence-electron chi connectivity index (χ4n) is 2.82. The van der Waals surface area contributed by atoms with E-state index in [4.69, 9.17) is 16.7 Å². The molecule has 1 aromatic carbocycles. The zero-order chi connectivity index (χ0) is 17.1. The van der Waals surface area contributed by atoms with E-state index in [0.29, 0.717) is 10.0 Å². The van der Waals surface area contributed by atoms with Gasteiger partial charge in [-0.2, -0.15) is 0 Å². The van der Waals surface area contributed by atoms with Gasteiger partial charge in [0.25, 0.3) is 0 Å². The number of benzene rings is 1. The molecule has 0 amide bonds. The molecule has 0 saturated heterocycles. The highest BCUT2D eigenvalue weighted by molar-refractivity contribution is 7.99. The molecule has 0 bridgehead atoms. The molecular weight excluding hydrogens is 346 g/mol. The third-order valence-electron chi connectivity index (χ3n) is 3.95. The number of hydrogen-bond donors (Lipinski definition) is 2. The molecule has 0 saturated carbocycles. The number of aromatic carboxylic acids is 1. The van der Waals surface area contributed by atoms with E-state index in [1.54, 1.807) is 24.3 Å². The minimum atomic E-state index is -1.03. The van der Waals surface area contributed by atoms with Gasteiger partial charge in [0.05, 0.1) is 5.03 Å². The van der Waals surface area contributed by atoms with Gasteiger partial charge in [-0.15, -0.1) is 11.8 Å². The van der Waals surface area contributed by atoms with Crippen LogP contribution in [0.15, 0.2) is 47.0 Å². The number of nitrogens with zero attached hydrogens (tertiary/aromatic N) is 1. The van der Waals surface area contributed by atoms with E-state index in [1.807, 2.05) is 6.07 Å². The van der Waals surface area contributed by atoms with Gasteiger partial charge in [0, 0.05) is 16.3 Å². The summed E-state index contributed by atoms with van der Waals surface area (Å²) < 4.78 is 0. The first-order chi connectivity index (χ1) is 11.5. The Morgan fingerprint density at radius 1 is 1.25 bits per heavy atom. The summed E-state index contributed by atoms with van der Waals surface area (Å²) in [6.45, 7) is 0. The highest BCUT2D eigenvalue weighted by atomic mass is 35.5. The van der Waals surface area contributed by atoms with Crippen LogP contribution in [0.4, 0.5) is 0 Å². The Bertz CT molecular complexity index is 820. The van der Waals surface area contributed by atoms with Crippen LogP contribution in [0.3, 0.4) is 0 Å². The molecule has 2 N–H and O–H groups in total. The fourth-order valence-corrected chi connectivity index (χ4v) is 3.97. The summed E-state index contributed by atoms with van der Waals surface area (Å²) in [5.74, 6) is -0.0657. The average Bonchev–Trinajstić information content (AvgIpc) is 3.03. The van der Waals surface area contributed by atoms with Crippen molar-refractivity contribution in [3.8, 4) is 5.75 Å². The Morgan fingerprint density at radius 2 is 2.08 bits per heavy atom. The third kappa shape index (κ3) is 3.74. The minimum absolute atomic E-state index is 0.0492. The van der Waals surface area contributed by atoms with Crippen LogP contribution in [0.5, 0.6) is 5.75 Å². The summed E-state index contributed by atoms with van der Waals surface area (Å²) in [6, 6.07) is 10.1. The highest BCUT2D eigenvalue weighted by Gasteiger charge is 2.19. The number of hydrogen-bond acceptors (Lipinski definition) is 4. The fraction of sp³-hybridized carbons (Fsp3) is 0.222. The van der Waals surface area contributed by atoms with Gasteiger partial charge in [-0.25, -0.2) is 9.78 Å². The van der Waals surface area contributed by atoms with Gasteiger partial charge in [-0.05, 0) is 55.2 Å². The average molecular weight is 362 g/mol. The van der Waals surface area contributed by atoms with Crippen LogP contribution in [0.25, 0.3) is 5.57 Å². The molecule has 2 aromatic rings. The first kappa shape index (κ1) is 16.9. The van der Waals surface area contributed by atoms with Crippen molar-refractivity contribution >= 4 is 34.9 Å². The molecule has 4 nitrogen and oxygen atoms in total. The number of phenols is 1. The summed E-state index contributed by atoms with van der Waals surface area (Å²) in [6.07, 6.45) is 2.92. The van der Waals surface area contributed by atoms with Gasteiger partial charge in [0.1, 0.15) is 11.4 Å². The van der Waals surface area contributed by atoms with Gasteiger partial charge in [-0.3, -0.25) is 0 Å². The summed E-state index contributed by atoms with van der Waals surface area (Å²) in [4.78, 5) is 15.1. The number of carboxylic acid groups (broad SMARTS) is 1. The number of aromatic hydroxyl groups is 1. The normalized spacial score (nSPS) is 14.2. The van der Waals surface area contributed by atoms with Gasteiger partial charge < -0.3 is 10.2 Å². The molecule has 24 heavy (non-hydrogen) atoms. The number of carboxylic acids is 1. The van der Waals surface area contributed by atoms with Crippen molar-refractivity contribution < 1.29 is 15.0 Å². The van der Waals surface area contributed by atoms with Crippen LogP contribution >= 0.6 is 23.4 Å². The van der Waals surface area contributed by atoms with Crippen molar-refractivity contribution in [1.29, 1.82) is 0 Å². The minimum Gasteiger partial charge on any atom is -0.507 e. The van der Waals surface area contributed by atoms with E-state index in [1.165, 1.54) is 23.4 Å². The van der Waals surface area contributed by atoms with E-state index in [-0.39, 0.29) is 11.4 Å². The number of phenolic OH excluding ortho intramolecular Hbond substituents is 1. The van der Waals surface area contributed by atoms with Crippen molar-refractivity contribution in [1.82, 2.24) is 4.98 Å². The Hall–Kier alpha value is -1.98. The van der Waals surface area contributed by atoms with Gasteiger partial charge in [0.2, 0.25) is 0 Å². The maximum absolute atomic E-state index is 11.0. The zero-order valence-corrected chi connectivity index (χ0v) is 14.4. The van der Waals surface area contributed by atoms with Crippen molar-refractivity contribution in [3.05, 3.63) is 58.3 Å². The smallest absolute Gasteiger partial charge is 0.354 e. The number of halogens is 1. The zero-order valence-electron chi connectivity index (χ0n) is 12.8. The first-order valence-electron chi connectivity index (χ1n) is 7.57. The summed E-state index contributed by atoms with van der Waals surface area (Å²) in [5.41, 5.74) is 3.23. The van der Waals surface area contributed by atoms with Crippen molar-refractivity contribution in [3.63, 3.8) is 0 Å². The van der Waals surface area contributed by atoms with Crippen LogP contribution in [-0.2, 0) is 0 Å². The summed E-state index contributed by atoms with van der Waals surface area (Å²) >= 11 is 7.57. The second kappa shape index (κ2) is 7.28. The van der Waals surface area contributed by atoms with Gasteiger partial charge in [-0.1, -0.05) is 23.2 Å². The van der Waals surface area contributed by atoms with Crippen molar-refractivity contribution in [2.45, 2.75) is 24.3 Å². The number of rotatable bonds is 5. The largest absolute Gasteiger partial charge is 0.507 e. The number of allylic oxidation sites excluding steroid dienone is 1. The van der Waals surface area contributed by atoms with Crippen molar-refractivity contribution in [2.24, 2.45) is 0 Å². The van der Waals surface area contributed by atoms with Crippen molar-refractivity contribution in [2.75, 3.05) is 5.75 Å². The molecule has 0 radical (unpaired) electrons. The molecule has 1 aliphatic carbocycles. The van der Waals surface area contributed by atoms with E-state index >= 15 is 0 Å². The number of thioether (sulfide) groups is 1. The summed E-state index contributed by atoms with van der Waals surface area (Å²) in [5, 5.41) is 20.4. The molecule has 124 valence electrons. The Labute approximate surface area is 149 Å². The van der Waals surface area contributed by atoms with E-state index in [0.717, 1.165) is 36.2 Å². The van der Waals surface area contributed by atoms with E-state index in [2.05, 4.69) is 4.98 Å². The lowest BCUT2D eigenvalue weighted by Gasteiger charge is -2.10. The van der Waals surface area contributed by atoms with Crippen LogP contribution in [-0.4, -0.2) is 26.9 Å². The van der Waals surface area contributed by atoms with E-state index in [9.17, 15) is 9.90 Å². The lowest BCUT2D eigenvalue weighted by Crippen LogP contribution is -2.00. The molecule has 0 unspecified atom stereocenters. The second-order valence-electron chi connectivity index (χ2n) is 5.55. The Morgan fingerprint density at radius 3 is 2.88 bits per heavy atom. The van der Waals surface area contributed by atoms with Crippen LogP contribution in [0.2, 0.25) is 5.02 Å². The van der Waals surface area contributed by atoms with Gasteiger partial charge >= 0.3 is 5.97 Å². The lowest BCUT2D eigenvalue weighted by molar-refractivity contribution is 0.0689. The van der Waals surface area contributed by atoms with E-state index < -0.39 is 5.97 Å². The number of aromatic nitrogens is 1. The lowest BCUT2D eigenvalue weighted by atomic mass is 10.0. The van der Waals surface area contributed by atoms with Gasteiger partial charge in [0.15, 0.2) is 0 Å². The molecule has 1 aliphatic rings. The molecule has 1 heterocycles. The molecule has 3 rings (SSSR count). The second-order valence-corrected chi connectivity index (χ2v) is 6.98. The topological polar surface area (TPSA) is 70.4 Å². The quantitative estimate of drug-likeness (QED) is 0.743. The molecule has 0 atom stereocenters. The molecule has 0 spiro atoms. The Balaban J connectivity index is 1.82. The van der Waals surface area contributed by atoms with Crippen LogP contribution in [0, 0.1) is 0 Å². The molecule has 1 aromatic heterocycles. The monoisotopic (exact) mass is 361 g/mol. The van der Waals surface area contributed by atoms with Crippen LogP contribution in [0.1, 0.15) is 35.3 Å². The number of pyridine rings is 1. The Kier molecular flexibility index (Phi) is 5.11. The number of carbonyl (C=O) groups is 1. The molecule has 0 aliphatic heterocycles. The molecule has 6 heteroatoms.